The maximum Gasteiger partial charge on any atom is 0.329 e. The number of aromatic nitrogens is 1. The minimum Gasteiger partial charge on any atom is -0.267 e. The van der Waals surface area contributed by atoms with Crippen molar-refractivity contribution in [2.45, 2.75) is 18.1 Å². The van der Waals surface area contributed by atoms with E-state index in [1.54, 1.807) is 18.2 Å². The monoisotopic (exact) mass is 340 g/mol. The highest BCUT2D eigenvalue weighted by Gasteiger charge is 2.40. The maximum atomic E-state index is 13.9. The Hall–Kier alpha value is -2.35. The van der Waals surface area contributed by atoms with Gasteiger partial charge in [0.2, 0.25) is 10.0 Å². The number of halogens is 2. The number of nitrogens with one attached hydrogen (secondary N) is 1. The molecule has 1 aromatic heterocycles. The van der Waals surface area contributed by atoms with Gasteiger partial charge in [0.1, 0.15) is 0 Å². The van der Waals surface area contributed by atoms with Crippen molar-refractivity contribution in [1.82, 2.24) is 9.71 Å². The molecule has 0 bridgehead atoms. The molecule has 0 unspecified atom stereocenters. The summed E-state index contributed by atoms with van der Waals surface area (Å²) in [6.07, 6.45) is 1.86. The Morgan fingerprint density at radius 2 is 1.74 bits per heavy atom. The summed E-state index contributed by atoms with van der Waals surface area (Å²) in [7, 11) is -4.23. The van der Waals surface area contributed by atoms with Gasteiger partial charge in [-0.25, -0.2) is 13.1 Å². The van der Waals surface area contributed by atoms with Gasteiger partial charge in [-0.3, -0.25) is 9.78 Å². The topological polar surface area (TPSA) is 76.1 Å². The standard InChI is InChI=1S/C15H14F2N2O3S/c16-15(17,9-12-5-2-1-3-6-12)14(20)19-23(21,22)11-13-7-4-8-18-10-13/h1-8,10H,9,11H2,(H,19,20). The van der Waals surface area contributed by atoms with Crippen molar-refractivity contribution in [2.24, 2.45) is 0 Å². The predicted octanol–water partition coefficient (Wildman–Crippen LogP) is 1.91. The Kier molecular flexibility index (Phi) is 5.05. The molecule has 0 aliphatic heterocycles. The number of pyridine rings is 1. The molecule has 1 N–H and O–H groups in total. The van der Waals surface area contributed by atoms with Crippen LogP contribution in [0.5, 0.6) is 0 Å². The van der Waals surface area contributed by atoms with Gasteiger partial charge in [0, 0.05) is 18.8 Å². The van der Waals surface area contributed by atoms with Gasteiger partial charge in [0.05, 0.1) is 5.75 Å². The van der Waals surface area contributed by atoms with Crippen molar-refractivity contribution < 1.29 is 22.0 Å². The number of hydrogen-bond donors (Lipinski definition) is 1. The highest BCUT2D eigenvalue weighted by atomic mass is 32.2. The Labute approximate surface area is 132 Å². The quantitative estimate of drug-likeness (QED) is 0.871. The summed E-state index contributed by atoms with van der Waals surface area (Å²) in [5.41, 5.74) is 0.525. The molecule has 0 atom stereocenters. The van der Waals surface area contributed by atoms with Crippen molar-refractivity contribution in [1.29, 1.82) is 0 Å². The lowest BCUT2D eigenvalue weighted by Crippen LogP contribution is -2.44. The summed E-state index contributed by atoms with van der Waals surface area (Å²) in [6, 6.07) is 10.6. The first-order valence-corrected chi connectivity index (χ1v) is 8.29. The van der Waals surface area contributed by atoms with Crippen molar-refractivity contribution in [3.8, 4) is 0 Å². The Balaban J connectivity index is 2.04. The van der Waals surface area contributed by atoms with E-state index in [0.29, 0.717) is 5.56 Å². The number of amides is 1. The summed E-state index contributed by atoms with van der Waals surface area (Å²) < 4.78 is 52.8. The van der Waals surface area contributed by atoms with E-state index in [4.69, 9.17) is 0 Å². The van der Waals surface area contributed by atoms with E-state index >= 15 is 0 Å². The van der Waals surface area contributed by atoms with Crippen molar-refractivity contribution in [3.63, 3.8) is 0 Å². The summed E-state index contributed by atoms with van der Waals surface area (Å²) in [5.74, 6) is -6.28. The van der Waals surface area contributed by atoms with Gasteiger partial charge in [-0.1, -0.05) is 36.4 Å². The van der Waals surface area contributed by atoms with Gasteiger partial charge in [-0.2, -0.15) is 8.78 Å². The minimum atomic E-state index is -4.23. The Morgan fingerprint density at radius 3 is 2.35 bits per heavy atom. The molecule has 2 aromatic rings. The highest BCUT2D eigenvalue weighted by Crippen LogP contribution is 2.21. The average Bonchev–Trinajstić information content (AvgIpc) is 2.47. The summed E-state index contributed by atoms with van der Waals surface area (Å²) in [6.45, 7) is 0. The number of alkyl halides is 2. The summed E-state index contributed by atoms with van der Waals surface area (Å²) in [5, 5.41) is 0. The summed E-state index contributed by atoms with van der Waals surface area (Å²) >= 11 is 0. The van der Waals surface area contributed by atoms with Gasteiger partial charge < -0.3 is 0 Å². The zero-order valence-corrected chi connectivity index (χ0v) is 12.8. The molecule has 0 aliphatic rings. The second-order valence-electron chi connectivity index (χ2n) is 4.92. The first-order valence-electron chi connectivity index (χ1n) is 6.64. The van der Waals surface area contributed by atoms with Crippen LogP contribution in [0.3, 0.4) is 0 Å². The lowest BCUT2D eigenvalue weighted by molar-refractivity contribution is -0.143. The van der Waals surface area contributed by atoms with Crippen LogP contribution >= 0.6 is 0 Å². The van der Waals surface area contributed by atoms with Crippen LogP contribution in [0.25, 0.3) is 0 Å². The van der Waals surface area contributed by atoms with E-state index in [2.05, 4.69) is 4.98 Å². The van der Waals surface area contributed by atoms with E-state index in [1.165, 1.54) is 41.4 Å². The molecule has 2 rings (SSSR count). The molecule has 8 heteroatoms. The molecule has 1 aromatic carbocycles. The molecule has 0 saturated heterocycles. The number of nitrogens with zero attached hydrogens (tertiary/aromatic N) is 1. The molecule has 122 valence electrons. The third-order valence-corrected chi connectivity index (χ3v) is 4.14. The number of hydrogen-bond acceptors (Lipinski definition) is 4. The lowest BCUT2D eigenvalue weighted by atomic mass is 10.1. The minimum absolute atomic E-state index is 0.234. The fourth-order valence-corrected chi connectivity index (χ4v) is 3.00. The molecule has 0 radical (unpaired) electrons. The fourth-order valence-electron chi connectivity index (χ4n) is 1.89. The number of benzene rings is 1. The number of rotatable bonds is 6. The van der Waals surface area contributed by atoms with Gasteiger partial charge in [-0.05, 0) is 17.2 Å². The lowest BCUT2D eigenvalue weighted by Gasteiger charge is -2.16. The Bertz CT molecular complexity index is 766. The molecule has 23 heavy (non-hydrogen) atoms. The predicted molar refractivity (Wildman–Crippen MR) is 80.1 cm³/mol. The molecule has 1 heterocycles. The van der Waals surface area contributed by atoms with Crippen molar-refractivity contribution in [2.75, 3.05) is 0 Å². The fraction of sp³-hybridized carbons (Fsp3) is 0.200. The molecular formula is C15H14F2N2O3S. The molecule has 0 saturated carbocycles. The second kappa shape index (κ2) is 6.82. The van der Waals surface area contributed by atoms with Gasteiger partial charge in [-0.15, -0.1) is 0 Å². The van der Waals surface area contributed by atoms with Crippen LogP contribution in [0.15, 0.2) is 54.9 Å². The second-order valence-corrected chi connectivity index (χ2v) is 6.64. The van der Waals surface area contributed by atoms with Crippen molar-refractivity contribution >= 4 is 15.9 Å². The molecule has 0 fully saturated rings. The Morgan fingerprint density at radius 1 is 1.09 bits per heavy atom. The van der Waals surface area contributed by atoms with Crippen LogP contribution in [0.1, 0.15) is 11.1 Å². The zero-order chi connectivity index (χ0) is 16.9. The first-order chi connectivity index (χ1) is 10.8. The molecule has 0 spiro atoms. The number of carbonyl (C=O) groups is 1. The van der Waals surface area contributed by atoms with E-state index in [0.717, 1.165) is 0 Å². The smallest absolute Gasteiger partial charge is 0.267 e. The van der Waals surface area contributed by atoms with Gasteiger partial charge in [0.15, 0.2) is 0 Å². The largest absolute Gasteiger partial charge is 0.329 e. The third-order valence-electron chi connectivity index (χ3n) is 2.93. The van der Waals surface area contributed by atoms with E-state index in [9.17, 15) is 22.0 Å². The van der Waals surface area contributed by atoms with Crippen LogP contribution in [-0.2, 0) is 27.0 Å². The maximum absolute atomic E-state index is 13.9. The van der Waals surface area contributed by atoms with Crippen LogP contribution in [0.4, 0.5) is 8.78 Å². The molecule has 1 amide bonds. The molecular weight excluding hydrogens is 326 g/mol. The first kappa shape index (κ1) is 17.0. The SMILES string of the molecule is O=C(NS(=O)(=O)Cc1cccnc1)C(F)(F)Cc1ccccc1. The van der Waals surface area contributed by atoms with Gasteiger partial charge >= 0.3 is 11.8 Å². The molecule has 5 nitrogen and oxygen atoms in total. The van der Waals surface area contributed by atoms with Crippen molar-refractivity contribution in [3.05, 3.63) is 66.0 Å². The van der Waals surface area contributed by atoms with Crippen LogP contribution in [0.2, 0.25) is 0 Å². The number of sulfonamides is 1. The van der Waals surface area contributed by atoms with Gasteiger partial charge in [0.25, 0.3) is 0 Å². The highest BCUT2D eigenvalue weighted by molar-refractivity contribution is 7.89. The zero-order valence-electron chi connectivity index (χ0n) is 11.9. The molecule has 0 aliphatic carbocycles. The number of carbonyl (C=O) groups excluding carboxylic acids is 1. The van der Waals surface area contributed by atoms with E-state index in [1.807, 2.05) is 0 Å². The van der Waals surface area contributed by atoms with Crippen LogP contribution in [-0.4, -0.2) is 25.2 Å². The van der Waals surface area contributed by atoms with Crippen LogP contribution in [0, 0.1) is 0 Å². The third kappa shape index (κ3) is 5.10. The van der Waals surface area contributed by atoms with Crippen LogP contribution < -0.4 is 4.72 Å². The van der Waals surface area contributed by atoms with E-state index < -0.39 is 34.0 Å². The van der Waals surface area contributed by atoms with E-state index in [-0.39, 0.29) is 5.56 Å². The average molecular weight is 340 g/mol. The normalized spacial score (nSPS) is 11.9. The summed E-state index contributed by atoms with van der Waals surface area (Å²) in [4.78, 5) is 15.3.